The van der Waals surface area contributed by atoms with E-state index in [1.165, 1.54) is 4.88 Å². The normalized spacial score (nSPS) is 14.3. The molecule has 0 saturated heterocycles. The number of thiophene rings is 1. The van der Waals surface area contributed by atoms with Crippen molar-refractivity contribution >= 4 is 46.2 Å². The molecule has 0 spiro atoms. The van der Waals surface area contributed by atoms with Crippen molar-refractivity contribution in [3.8, 4) is 0 Å². The van der Waals surface area contributed by atoms with Gasteiger partial charge in [0.1, 0.15) is 0 Å². The van der Waals surface area contributed by atoms with Crippen LogP contribution in [0.5, 0.6) is 0 Å². The minimum atomic E-state index is 0.424. The summed E-state index contributed by atoms with van der Waals surface area (Å²) in [6, 6.07) is 6.35. The van der Waals surface area contributed by atoms with Crippen molar-refractivity contribution in [3.05, 3.63) is 38.5 Å². The van der Waals surface area contributed by atoms with E-state index >= 15 is 0 Å². The van der Waals surface area contributed by atoms with Crippen molar-refractivity contribution in [2.75, 3.05) is 10.3 Å². The van der Waals surface area contributed by atoms with Gasteiger partial charge in [-0.25, -0.2) is 10.8 Å². The average molecular weight is 329 g/mol. The second kappa shape index (κ2) is 5.77. The van der Waals surface area contributed by atoms with Crippen LogP contribution in [0, 0.1) is 0 Å². The van der Waals surface area contributed by atoms with E-state index in [-0.39, 0.29) is 0 Å². The molecule has 0 radical (unpaired) electrons. The van der Waals surface area contributed by atoms with Crippen molar-refractivity contribution in [3.63, 3.8) is 0 Å². The van der Waals surface area contributed by atoms with Crippen molar-refractivity contribution in [2.45, 2.75) is 25.4 Å². The van der Waals surface area contributed by atoms with Gasteiger partial charge in [0, 0.05) is 10.9 Å². The van der Waals surface area contributed by atoms with E-state index in [1.54, 1.807) is 17.4 Å². The van der Waals surface area contributed by atoms with Crippen molar-refractivity contribution in [1.82, 2.24) is 4.98 Å². The predicted octanol–water partition coefficient (Wildman–Crippen LogP) is 3.90. The molecule has 0 atom stereocenters. The van der Waals surface area contributed by atoms with Gasteiger partial charge >= 0.3 is 0 Å². The lowest BCUT2D eigenvalue weighted by atomic mass is 10.3. The Morgan fingerprint density at radius 1 is 1.40 bits per heavy atom. The fourth-order valence-corrected chi connectivity index (χ4v) is 3.32. The first kappa shape index (κ1) is 13.9. The number of hydrazine groups is 1. The Balaban J connectivity index is 1.94. The van der Waals surface area contributed by atoms with Gasteiger partial charge in [0.15, 0.2) is 11.6 Å². The summed E-state index contributed by atoms with van der Waals surface area (Å²) >= 11 is 14.1. The molecule has 7 heteroatoms. The van der Waals surface area contributed by atoms with Gasteiger partial charge < -0.3 is 10.3 Å². The van der Waals surface area contributed by atoms with Gasteiger partial charge in [0.25, 0.3) is 0 Å². The molecule has 2 aromatic rings. The number of anilines is 2. The molecule has 3 rings (SSSR count). The van der Waals surface area contributed by atoms with E-state index in [4.69, 9.17) is 29.0 Å². The highest BCUT2D eigenvalue weighted by atomic mass is 35.5. The summed E-state index contributed by atoms with van der Waals surface area (Å²) in [6.07, 6.45) is 2.33. The number of nitrogens with two attached hydrogens (primary N) is 1. The third kappa shape index (κ3) is 2.86. The molecule has 0 unspecified atom stereocenters. The van der Waals surface area contributed by atoms with Gasteiger partial charge in [-0.1, -0.05) is 29.3 Å². The Morgan fingerprint density at radius 2 is 2.20 bits per heavy atom. The highest BCUT2D eigenvalue weighted by molar-refractivity contribution is 7.09. The number of nitrogen functional groups attached to an aromatic ring is 1. The lowest BCUT2D eigenvalue weighted by Crippen LogP contribution is -2.26. The number of halogens is 2. The van der Waals surface area contributed by atoms with Crippen LogP contribution >= 0.6 is 34.5 Å². The second-order valence-electron chi connectivity index (χ2n) is 4.71. The van der Waals surface area contributed by atoms with Gasteiger partial charge in [0.2, 0.25) is 0 Å². The Kier molecular flexibility index (Phi) is 4.03. The molecule has 3 N–H and O–H groups in total. The quantitative estimate of drug-likeness (QED) is 0.645. The SMILES string of the molecule is NNc1nc(N(Cc2cccs2)C2CC2)c(Cl)cc1Cl. The van der Waals surface area contributed by atoms with Gasteiger partial charge in [-0.2, -0.15) is 0 Å². The van der Waals surface area contributed by atoms with Gasteiger partial charge in [-0.3, -0.25) is 0 Å². The molecular weight excluding hydrogens is 315 g/mol. The summed E-state index contributed by atoms with van der Waals surface area (Å²) in [5.74, 6) is 6.62. The Bertz CT molecular complexity index is 599. The zero-order valence-corrected chi connectivity index (χ0v) is 13.0. The predicted molar refractivity (Wildman–Crippen MR) is 85.6 cm³/mol. The van der Waals surface area contributed by atoms with Crippen LogP contribution in [0.25, 0.3) is 0 Å². The molecular formula is C13H14Cl2N4S. The first-order valence-corrected chi connectivity index (χ1v) is 7.94. The van der Waals surface area contributed by atoms with Gasteiger partial charge in [-0.15, -0.1) is 11.3 Å². The standard InChI is InChI=1S/C13H14Cl2N4S/c14-10-6-11(15)13(17-12(10)18-16)19(8-3-4-8)7-9-2-1-5-20-9/h1-2,5-6,8H,3-4,7,16H2,(H,17,18). The lowest BCUT2D eigenvalue weighted by Gasteiger charge is -2.24. The molecule has 4 nitrogen and oxygen atoms in total. The first-order valence-electron chi connectivity index (χ1n) is 6.30. The Hall–Kier alpha value is -1.01. The number of pyridine rings is 1. The fourth-order valence-electron chi connectivity index (χ4n) is 2.09. The maximum absolute atomic E-state index is 6.31. The lowest BCUT2D eigenvalue weighted by molar-refractivity contribution is 0.787. The second-order valence-corrected chi connectivity index (χ2v) is 6.55. The topological polar surface area (TPSA) is 54.2 Å². The summed E-state index contributed by atoms with van der Waals surface area (Å²) in [6.45, 7) is 0.806. The van der Waals surface area contributed by atoms with Crippen LogP contribution in [0.15, 0.2) is 23.6 Å². The number of hydrogen-bond acceptors (Lipinski definition) is 5. The number of rotatable bonds is 5. The van der Waals surface area contributed by atoms with Crippen LogP contribution < -0.4 is 16.2 Å². The van der Waals surface area contributed by atoms with Gasteiger partial charge in [-0.05, 0) is 30.4 Å². The monoisotopic (exact) mass is 328 g/mol. The van der Waals surface area contributed by atoms with Crippen LogP contribution in [0.1, 0.15) is 17.7 Å². The van der Waals surface area contributed by atoms with Crippen LogP contribution in [-0.2, 0) is 6.54 Å². The number of nitrogens with one attached hydrogen (secondary N) is 1. The molecule has 0 aromatic carbocycles. The summed E-state index contributed by atoms with van der Waals surface area (Å²) in [5.41, 5.74) is 2.51. The molecule has 1 saturated carbocycles. The van der Waals surface area contributed by atoms with Crippen molar-refractivity contribution < 1.29 is 0 Å². The summed E-state index contributed by atoms with van der Waals surface area (Å²) in [4.78, 5) is 7.97. The Morgan fingerprint density at radius 3 is 2.80 bits per heavy atom. The molecule has 20 heavy (non-hydrogen) atoms. The molecule has 1 aliphatic carbocycles. The molecule has 1 aliphatic rings. The maximum atomic E-state index is 6.31. The fraction of sp³-hybridized carbons (Fsp3) is 0.308. The molecule has 106 valence electrons. The van der Waals surface area contributed by atoms with Crippen LogP contribution in [-0.4, -0.2) is 11.0 Å². The van der Waals surface area contributed by atoms with E-state index in [9.17, 15) is 0 Å². The van der Waals surface area contributed by atoms with Crippen molar-refractivity contribution in [2.24, 2.45) is 5.84 Å². The number of aromatic nitrogens is 1. The molecule has 0 bridgehead atoms. The van der Waals surface area contributed by atoms with Crippen molar-refractivity contribution in [1.29, 1.82) is 0 Å². The maximum Gasteiger partial charge on any atom is 0.161 e. The minimum absolute atomic E-state index is 0.424. The molecule has 2 aromatic heterocycles. The Labute approximate surface area is 131 Å². The third-order valence-corrected chi connectivity index (χ3v) is 4.64. The molecule has 2 heterocycles. The zero-order valence-electron chi connectivity index (χ0n) is 10.6. The molecule has 0 amide bonds. The summed E-state index contributed by atoms with van der Waals surface area (Å²) < 4.78 is 0. The van der Waals surface area contributed by atoms with Gasteiger partial charge in [0.05, 0.1) is 16.6 Å². The van der Waals surface area contributed by atoms with E-state index in [0.29, 0.717) is 21.9 Å². The number of hydrogen-bond donors (Lipinski definition) is 2. The first-order chi connectivity index (χ1) is 9.69. The molecule has 0 aliphatic heterocycles. The van der Waals surface area contributed by atoms with Crippen LogP contribution in [0.3, 0.4) is 0 Å². The number of nitrogens with zero attached hydrogens (tertiary/aromatic N) is 2. The molecule has 1 fully saturated rings. The zero-order chi connectivity index (χ0) is 14.1. The largest absolute Gasteiger partial charge is 0.347 e. The third-order valence-electron chi connectivity index (χ3n) is 3.21. The summed E-state index contributed by atoms with van der Waals surface area (Å²) in [7, 11) is 0. The van der Waals surface area contributed by atoms with E-state index < -0.39 is 0 Å². The van der Waals surface area contributed by atoms with E-state index in [0.717, 1.165) is 25.2 Å². The average Bonchev–Trinajstić information content (AvgIpc) is 3.14. The summed E-state index contributed by atoms with van der Waals surface area (Å²) in [5, 5.41) is 3.05. The van der Waals surface area contributed by atoms with E-state index in [2.05, 4.69) is 32.8 Å². The highest BCUT2D eigenvalue weighted by Gasteiger charge is 2.32. The van der Waals surface area contributed by atoms with E-state index in [1.807, 2.05) is 0 Å². The van der Waals surface area contributed by atoms with Crippen LogP contribution in [0.2, 0.25) is 10.0 Å². The van der Waals surface area contributed by atoms with Crippen LogP contribution in [0.4, 0.5) is 11.6 Å². The smallest absolute Gasteiger partial charge is 0.161 e. The minimum Gasteiger partial charge on any atom is -0.347 e. The highest BCUT2D eigenvalue weighted by Crippen LogP contribution is 2.38.